The summed E-state index contributed by atoms with van der Waals surface area (Å²) >= 11 is 0. The summed E-state index contributed by atoms with van der Waals surface area (Å²) in [7, 11) is 1.84. The minimum absolute atomic E-state index is 0.0908. The zero-order valence-electron chi connectivity index (χ0n) is 7.30. The molecule has 0 saturated heterocycles. The van der Waals surface area contributed by atoms with Gasteiger partial charge < -0.3 is 0 Å². The lowest BCUT2D eigenvalue weighted by Gasteiger charge is -1.94. The van der Waals surface area contributed by atoms with Gasteiger partial charge in [-0.1, -0.05) is 0 Å². The molecule has 1 aromatic heterocycles. The fourth-order valence-electron chi connectivity index (χ4n) is 1.28. The summed E-state index contributed by atoms with van der Waals surface area (Å²) in [5.74, 6) is 0.0908. The number of rotatable bonds is 1. The Bertz CT molecular complexity index is 299. The molecule has 1 heterocycles. The Morgan fingerprint density at radius 1 is 1.45 bits per heavy atom. The highest BCUT2D eigenvalue weighted by Gasteiger charge is 2.12. The second kappa shape index (κ2) is 2.49. The average Bonchev–Trinajstić information content (AvgIpc) is 2.07. The number of nitrogens with zero attached hydrogens (tertiary/aromatic N) is 2. The van der Waals surface area contributed by atoms with Crippen LogP contribution >= 0.6 is 0 Å². The molecule has 0 radical (unpaired) electrons. The fraction of sp³-hybridized carbons (Fsp3) is 0.500. The number of carbonyl (C=O) groups is 1. The first-order chi connectivity index (χ1) is 5.04. The van der Waals surface area contributed by atoms with E-state index in [1.165, 1.54) is 0 Å². The van der Waals surface area contributed by atoms with Crippen LogP contribution in [-0.4, -0.2) is 15.6 Å². The molecule has 3 nitrogen and oxygen atoms in total. The van der Waals surface area contributed by atoms with E-state index in [1.54, 1.807) is 11.6 Å². The summed E-state index contributed by atoms with van der Waals surface area (Å²) in [5, 5.41) is 4.13. The van der Waals surface area contributed by atoms with Crippen LogP contribution in [0, 0.1) is 13.8 Å². The van der Waals surface area contributed by atoms with Crippen molar-refractivity contribution in [3.63, 3.8) is 0 Å². The van der Waals surface area contributed by atoms with Crippen molar-refractivity contribution in [3.05, 3.63) is 17.0 Å². The van der Waals surface area contributed by atoms with Gasteiger partial charge in [-0.3, -0.25) is 9.48 Å². The van der Waals surface area contributed by atoms with Crippen molar-refractivity contribution >= 4 is 5.78 Å². The molecule has 0 aliphatic rings. The molecule has 0 amide bonds. The van der Waals surface area contributed by atoms with Crippen molar-refractivity contribution in [1.82, 2.24) is 9.78 Å². The average molecular weight is 152 g/mol. The third kappa shape index (κ3) is 1.18. The van der Waals surface area contributed by atoms with E-state index in [-0.39, 0.29) is 5.78 Å². The van der Waals surface area contributed by atoms with Crippen LogP contribution in [0.4, 0.5) is 0 Å². The molecule has 0 spiro atoms. The molecule has 0 aliphatic heterocycles. The minimum atomic E-state index is 0.0908. The molecular formula is C8H12N2O. The van der Waals surface area contributed by atoms with Gasteiger partial charge in [-0.05, 0) is 20.8 Å². The molecule has 0 aliphatic carbocycles. The molecule has 0 aromatic carbocycles. The van der Waals surface area contributed by atoms with E-state index in [0.29, 0.717) is 0 Å². The van der Waals surface area contributed by atoms with E-state index in [4.69, 9.17) is 0 Å². The lowest BCUT2D eigenvalue weighted by atomic mass is 10.1. The van der Waals surface area contributed by atoms with E-state index in [9.17, 15) is 4.79 Å². The standard InChI is InChI=1S/C8H12N2O/c1-5-8(7(3)11)6(2)10(4)9-5/h1-4H3. The van der Waals surface area contributed by atoms with Gasteiger partial charge in [0.05, 0.1) is 11.3 Å². The predicted octanol–water partition coefficient (Wildman–Crippen LogP) is 1.24. The molecule has 3 heteroatoms. The molecule has 0 fully saturated rings. The highest BCUT2D eigenvalue weighted by atomic mass is 16.1. The molecule has 1 aromatic rings. The first-order valence-electron chi connectivity index (χ1n) is 3.55. The molecule has 11 heavy (non-hydrogen) atoms. The Balaban J connectivity index is 3.34. The maximum Gasteiger partial charge on any atom is 0.163 e. The van der Waals surface area contributed by atoms with Crippen LogP contribution in [0.3, 0.4) is 0 Å². The molecule has 0 saturated carbocycles. The predicted molar refractivity (Wildman–Crippen MR) is 42.7 cm³/mol. The topological polar surface area (TPSA) is 34.9 Å². The SMILES string of the molecule is CC(=O)c1c(C)nn(C)c1C. The van der Waals surface area contributed by atoms with Crippen LogP contribution in [-0.2, 0) is 7.05 Å². The Kier molecular flexibility index (Phi) is 1.81. The van der Waals surface area contributed by atoms with Crippen molar-refractivity contribution in [3.8, 4) is 0 Å². The summed E-state index contributed by atoms with van der Waals surface area (Å²) in [5.41, 5.74) is 2.51. The van der Waals surface area contributed by atoms with Crippen molar-refractivity contribution in [2.75, 3.05) is 0 Å². The molecule has 0 N–H and O–H groups in total. The lowest BCUT2D eigenvalue weighted by Crippen LogP contribution is -1.97. The van der Waals surface area contributed by atoms with Gasteiger partial charge in [0.2, 0.25) is 0 Å². The smallest absolute Gasteiger partial charge is 0.163 e. The van der Waals surface area contributed by atoms with Crippen LogP contribution in [0.15, 0.2) is 0 Å². The first-order valence-corrected chi connectivity index (χ1v) is 3.55. The van der Waals surface area contributed by atoms with Gasteiger partial charge in [0.1, 0.15) is 0 Å². The summed E-state index contributed by atoms with van der Waals surface area (Å²) < 4.78 is 1.73. The Morgan fingerprint density at radius 2 is 2.00 bits per heavy atom. The quantitative estimate of drug-likeness (QED) is 0.567. The van der Waals surface area contributed by atoms with Crippen molar-refractivity contribution in [1.29, 1.82) is 0 Å². The molecule has 0 bridgehead atoms. The highest BCUT2D eigenvalue weighted by Crippen LogP contribution is 2.11. The summed E-state index contributed by atoms with van der Waals surface area (Å²) in [6.07, 6.45) is 0. The van der Waals surface area contributed by atoms with Gasteiger partial charge in [-0.2, -0.15) is 5.10 Å². The molecule has 0 unspecified atom stereocenters. The second-order valence-corrected chi connectivity index (χ2v) is 2.73. The van der Waals surface area contributed by atoms with E-state index in [2.05, 4.69) is 5.10 Å². The number of hydrogen-bond acceptors (Lipinski definition) is 2. The fourth-order valence-corrected chi connectivity index (χ4v) is 1.28. The Hall–Kier alpha value is -1.12. The first kappa shape index (κ1) is 7.98. The van der Waals surface area contributed by atoms with Gasteiger partial charge in [-0.15, -0.1) is 0 Å². The number of carbonyl (C=O) groups excluding carboxylic acids is 1. The molecule has 60 valence electrons. The maximum absolute atomic E-state index is 11.0. The third-order valence-corrected chi connectivity index (χ3v) is 1.86. The monoisotopic (exact) mass is 152 g/mol. The van der Waals surface area contributed by atoms with Gasteiger partial charge in [0.25, 0.3) is 0 Å². The van der Waals surface area contributed by atoms with Crippen LogP contribution in [0.2, 0.25) is 0 Å². The second-order valence-electron chi connectivity index (χ2n) is 2.73. The van der Waals surface area contributed by atoms with Gasteiger partial charge >= 0.3 is 0 Å². The largest absolute Gasteiger partial charge is 0.294 e. The number of aryl methyl sites for hydroxylation is 2. The van der Waals surface area contributed by atoms with Gasteiger partial charge in [0, 0.05) is 12.7 Å². The molecular weight excluding hydrogens is 140 g/mol. The van der Waals surface area contributed by atoms with Crippen LogP contribution in [0.1, 0.15) is 28.7 Å². The van der Waals surface area contributed by atoms with E-state index in [1.807, 2.05) is 20.9 Å². The van der Waals surface area contributed by atoms with Crippen LogP contribution in [0.5, 0.6) is 0 Å². The van der Waals surface area contributed by atoms with Crippen molar-refractivity contribution < 1.29 is 4.79 Å². The molecule has 0 atom stereocenters. The van der Waals surface area contributed by atoms with Crippen molar-refractivity contribution in [2.24, 2.45) is 7.05 Å². The van der Waals surface area contributed by atoms with Gasteiger partial charge in [0.15, 0.2) is 5.78 Å². The normalized spacial score (nSPS) is 10.2. The molecule has 1 rings (SSSR count). The van der Waals surface area contributed by atoms with E-state index >= 15 is 0 Å². The zero-order valence-corrected chi connectivity index (χ0v) is 7.30. The van der Waals surface area contributed by atoms with Gasteiger partial charge in [-0.25, -0.2) is 0 Å². The summed E-state index contributed by atoms with van der Waals surface area (Å²) in [4.78, 5) is 11.0. The van der Waals surface area contributed by atoms with Crippen molar-refractivity contribution in [2.45, 2.75) is 20.8 Å². The number of Topliss-reactive ketones (excluding diaryl/α,β-unsaturated/α-hetero) is 1. The Labute approximate surface area is 66.0 Å². The van der Waals surface area contributed by atoms with E-state index < -0.39 is 0 Å². The maximum atomic E-state index is 11.0. The van der Waals surface area contributed by atoms with E-state index in [0.717, 1.165) is 17.0 Å². The number of hydrogen-bond donors (Lipinski definition) is 0. The zero-order chi connectivity index (χ0) is 8.59. The van der Waals surface area contributed by atoms with Crippen LogP contribution in [0.25, 0.3) is 0 Å². The summed E-state index contributed by atoms with van der Waals surface area (Å²) in [6.45, 7) is 5.32. The number of ketones is 1. The minimum Gasteiger partial charge on any atom is -0.294 e. The lowest BCUT2D eigenvalue weighted by molar-refractivity contribution is 0.101. The number of aromatic nitrogens is 2. The van der Waals surface area contributed by atoms with Crippen LogP contribution < -0.4 is 0 Å². The highest BCUT2D eigenvalue weighted by molar-refractivity contribution is 5.96. The Morgan fingerprint density at radius 3 is 2.18 bits per heavy atom. The third-order valence-electron chi connectivity index (χ3n) is 1.86. The summed E-state index contributed by atoms with van der Waals surface area (Å²) in [6, 6.07) is 0.